The molecule has 0 aliphatic heterocycles. The molecule has 1 rings (SSSR count). The van der Waals surface area contributed by atoms with Gasteiger partial charge in [-0.05, 0) is 52.0 Å². The molecule has 0 unspecified atom stereocenters. The summed E-state index contributed by atoms with van der Waals surface area (Å²) in [6.07, 6.45) is -0.402. The lowest BCUT2D eigenvalue weighted by molar-refractivity contribution is 0.0526. The van der Waals surface area contributed by atoms with Crippen LogP contribution in [0.15, 0.2) is 24.3 Å². The molecule has 0 spiro atoms. The van der Waals surface area contributed by atoms with Crippen LogP contribution in [0.3, 0.4) is 0 Å². The summed E-state index contributed by atoms with van der Waals surface area (Å²) < 4.78 is 10.3. The largest absolute Gasteiger partial charge is 0.497 e. The molecule has 1 aromatic carbocycles. The molecule has 1 amide bonds. The number of benzene rings is 1. The number of methoxy groups -OCH3 is 1. The third-order valence-corrected chi connectivity index (χ3v) is 2.45. The maximum absolute atomic E-state index is 11.5. The monoisotopic (exact) mass is 280 g/mol. The van der Waals surface area contributed by atoms with Crippen LogP contribution in [-0.2, 0) is 4.74 Å². The summed E-state index contributed by atoms with van der Waals surface area (Å²) in [6.45, 7) is 7.99. The second kappa shape index (κ2) is 7.03. The van der Waals surface area contributed by atoms with Crippen molar-refractivity contribution in [3.8, 4) is 5.75 Å². The van der Waals surface area contributed by atoms with Crippen LogP contribution < -0.4 is 15.4 Å². The van der Waals surface area contributed by atoms with E-state index in [1.54, 1.807) is 7.11 Å². The highest BCUT2D eigenvalue weighted by Crippen LogP contribution is 2.15. The molecule has 0 bridgehead atoms. The lowest BCUT2D eigenvalue weighted by Gasteiger charge is -2.21. The van der Waals surface area contributed by atoms with Crippen LogP contribution in [0.4, 0.5) is 10.5 Å². The molecule has 112 valence electrons. The number of nitrogens with one attached hydrogen (secondary N) is 2. The van der Waals surface area contributed by atoms with Gasteiger partial charge in [-0.2, -0.15) is 0 Å². The summed E-state index contributed by atoms with van der Waals surface area (Å²) >= 11 is 0. The van der Waals surface area contributed by atoms with Gasteiger partial charge in [-0.15, -0.1) is 0 Å². The Hall–Kier alpha value is -1.91. The number of hydrogen-bond acceptors (Lipinski definition) is 4. The maximum atomic E-state index is 11.5. The van der Waals surface area contributed by atoms with E-state index in [0.717, 1.165) is 11.4 Å². The van der Waals surface area contributed by atoms with Crippen LogP contribution >= 0.6 is 0 Å². The smallest absolute Gasteiger partial charge is 0.407 e. The number of ether oxygens (including phenoxy) is 2. The molecule has 0 saturated heterocycles. The Kier molecular flexibility index (Phi) is 5.67. The van der Waals surface area contributed by atoms with Crippen molar-refractivity contribution in [2.75, 3.05) is 19.0 Å². The quantitative estimate of drug-likeness (QED) is 0.870. The maximum Gasteiger partial charge on any atom is 0.407 e. The van der Waals surface area contributed by atoms with Gasteiger partial charge >= 0.3 is 6.09 Å². The van der Waals surface area contributed by atoms with Crippen LogP contribution in [0, 0.1) is 0 Å². The SMILES string of the molecule is COc1ccc(N[C@@H](C)CNC(=O)OC(C)(C)C)cc1. The number of carbonyl (C=O) groups is 1. The van der Waals surface area contributed by atoms with Gasteiger partial charge in [0.05, 0.1) is 7.11 Å². The third kappa shape index (κ3) is 6.31. The number of rotatable bonds is 5. The molecule has 0 radical (unpaired) electrons. The van der Waals surface area contributed by atoms with E-state index in [9.17, 15) is 4.79 Å². The molecule has 0 aliphatic carbocycles. The Labute approximate surface area is 120 Å². The van der Waals surface area contributed by atoms with Gasteiger partial charge < -0.3 is 20.1 Å². The van der Waals surface area contributed by atoms with Gasteiger partial charge in [-0.3, -0.25) is 0 Å². The standard InChI is InChI=1S/C15H24N2O3/c1-11(10-16-14(18)20-15(2,3)4)17-12-6-8-13(19-5)9-7-12/h6-9,11,17H,10H2,1-5H3,(H,16,18)/t11-/m0/s1. The molecular formula is C15H24N2O3. The van der Waals surface area contributed by atoms with Crippen LogP contribution in [0.25, 0.3) is 0 Å². The Morgan fingerprint density at radius 3 is 2.35 bits per heavy atom. The average molecular weight is 280 g/mol. The van der Waals surface area contributed by atoms with E-state index < -0.39 is 11.7 Å². The molecule has 0 heterocycles. The molecule has 1 atom stereocenters. The molecule has 0 aliphatic rings. The topological polar surface area (TPSA) is 59.6 Å². The van der Waals surface area contributed by atoms with Gasteiger partial charge in [0.25, 0.3) is 0 Å². The highest BCUT2D eigenvalue weighted by Gasteiger charge is 2.16. The average Bonchev–Trinajstić information content (AvgIpc) is 2.35. The lowest BCUT2D eigenvalue weighted by Crippen LogP contribution is -2.38. The van der Waals surface area contributed by atoms with Gasteiger partial charge in [0, 0.05) is 18.3 Å². The zero-order valence-electron chi connectivity index (χ0n) is 12.8. The van der Waals surface area contributed by atoms with Crippen molar-refractivity contribution in [3.05, 3.63) is 24.3 Å². The number of hydrogen-bond donors (Lipinski definition) is 2. The number of alkyl carbamates (subject to hydrolysis) is 1. The first-order valence-electron chi connectivity index (χ1n) is 6.67. The van der Waals surface area contributed by atoms with Crippen LogP contribution in [0.1, 0.15) is 27.7 Å². The van der Waals surface area contributed by atoms with E-state index in [4.69, 9.17) is 9.47 Å². The van der Waals surface area contributed by atoms with Crippen molar-refractivity contribution in [3.63, 3.8) is 0 Å². The predicted molar refractivity (Wildman–Crippen MR) is 80.3 cm³/mol. The second-order valence-electron chi connectivity index (χ2n) is 5.66. The highest BCUT2D eigenvalue weighted by molar-refractivity contribution is 5.67. The fourth-order valence-corrected chi connectivity index (χ4v) is 1.57. The van der Waals surface area contributed by atoms with Gasteiger partial charge in [-0.25, -0.2) is 4.79 Å². The van der Waals surface area contributed by atoms with Gasteiger partial charge in [0.2, 0.25) is 0 Å². The number of anilines is 1. The summed E-state index contributed by atoms with van der Waals surface area (Å²) in [5.41, 5.74) is 0.501. The molecule has 0 fully saturated rings. The minimum Gasteiger partial charge on any atom is -0.497 e. The number of carbonyl (C=O) groups excluding carboxylic acids is 1. The van der Waals surface area contributed by atoms with Crippen LogP contribution in [0.2, 0.25) is 0 Å². The summed E-state index contributed by atoms with van der Waals surface area (Å²) in [5, 5.41) is 6.02. The first-order chi connectivity index (χ1) is 9.30. The third-order valence-electron chi connectivity index (χ3n) is 2.45. The molecule has 20 heavy (non-hydrogen) atoms. The van der Waals surface area contributed by atoms with E-state index in [1.807, 2.05) is 52.0 Å². The zero-order valence-corrected chi connectivity index (χ0v) is 12.8. The van der Waals surface area contributed by atoms with E-state index in [-0.39, 0.29) is 6.04 Å². The van der Waals surface area contributed by atoms with Crippen molar-refractivity contribution >= 4 is 11.8 Å². The molecule has 0 aromatic heterocycles. The van der Waals surface area contributed by atoms with Gasteiger partial charge in [0.15, 0.2) is 0 Å². The minimum atomic E-state index is -0.475. The predicted octanol–water partition coefficient (Wildman–Crippen LogP) is 3.02. The molecule has 2 N–H and O–H groups in total. The first kappa shape index (κ1) is 16.1. The molecule has 1 aromatic rings. The van der Waals surface area contributed by atoms with Gasteiger partial charge in [0.1, 0.15) is 11.4 Å². The van der Waals surface area contributed by atoms with Crippen LogP contribution in [0.5, 0.6) is 5.75 Å². The fraction of sp³-hybridized carbons (Fsp3) is 0.533. The second-order valence-corrected chi connectivity index (χ2v) is 5.66. The van der Waals surface area contributed by atoms with E-state index in [1.165, 1.54) is 0 Å². The highest BCUT2D eigenvalue weighted by atomic mass is 16.6. The van der Waals surface area contributed by atoms with E-state index >= 15 is 0 Å². The fourth-order valence-electron chi connectivity index (χ4n) is 1.57. The lowest BCUT2D eigenvalue weighted by atomic mass is 10.2. The van der Waals surface area contributed by atoms with Crippen molar-refractivity contribution in [2.24, 2.45) is 0 Å². The van der Waals surface area contributed by atoms with Gasteiger partial charge in [-0.1, -0.05) is 0 Å². The Balaban J connectivity index is 2.36. The van der Waals surface area contributed by atoms with E-state index in [2.05, 4.69) is 10.6 Å². The van der Waals surface area contributed by atoms with Crippen molar-refractivity contribution < 1.29 is 14.3 Å². The Morgan fingerprint density at radius 1 is 1.25 bits per heavy atom. The summed E-state index contributed by atoms with van der Waals surface area (Å²) in [6, 6.07) is 7.73. The Morgan fingerprint density at radius 2 is 1.85 bits per heavy atom. The molecular weight excluding hydrogens is 256 g/mol. The van der Waals surface area contributed by atoms with Crippen LogP contribution in [-0.4, -0.2) is 31.4 Å². The van der Waals surface area contributed by atoms with Crippen molar-refractivity contribution in [2.45, 2.75) is 39.3 Å². The minimum absolute atomic E-state index is 0.0934. The van der Waals surface area contributed by atoms with Crippen molar-refractivity contribution in [1.82, 2.24) is 5.32 Å². The summed E-state index contributed by atoms with van der Waals surface area (Å²) in [4.78, 5) is 11.5. The van der Waals surface area contributed by atoms with E-state index in [0.29, 0.717) is 6.54 Å². The normalized spacial score (nSPS) is 12.4. The summed E-state index contributed by atoms with van der Waals surface area (Å²) in [5.74, 6) is 0.815. The first-order valence-corrected chi connectivity index (χ1v) is 6.67. The molecule has 0 saturated carbocycles. The Bertz CT molecular complexity index is 424. The molecule has 5 nitrogen and oxygen atoms in total. The zero-order chi connectivity index (χ0) is 15.2. The van der Waals surface area contributed by atoms with Crippen molar-refractivity contribution in [1.29, 1.82) is 0 Å². The number of amides is 1. The summed E-state index contributed by atoms with van der Waals surface area (Å²) in [7, 11) is 1.63. The molecule has 5 heteroatoms.